The van der Waals surface area contributed by atoms with Gasteiger partial charge in [0, 0.05) is 31.0 Å². The molecule has 0 radical (unpaired) electrons. The second-order valence-electron chi connectivity index (χ2n) is 8.03. The smallest absolute Gasteiger partial charge is 0.342 e. The lowest BCUT2D eigenvalue weighted by Crippen LogP contribution is -2.41. The van der Waals surface area contributed by atoms with E-state index < -0.39 is 11.7 Å². The molecule has 2 aromatic carbocycles. The normalized spacial score (nSPS) is 14.2. The van der Waals surface area contributed by atoms with Crippen LogP contribution in [0.4, 0.5) is 13.2 Å². The Morgan fingerprint density at radius 3 is 2.31 bits per heavy atom. The van der Waals surface area contributed by atoms with Gasteiger partial charge in [-0.25, -0.2) is 0 Å². The Hall–Kier alpha value is -3.16. The number of hydrogen-bond donors (Lipinski definition) is 0. The lowest BCUT2D eigenvalue weighted by Gasteiger charge is -2.31. The molecule has 0 N–H and O–H groups in total. The van der Waals surface area contributed by atoms with E-state index in [0.717, 1.165) is 37.8 Å². The number of rotatable bonds is 8. The van der Waals surface area contributed by atoms with Gasteiger partial charge in [-0.2, -0.15) is 18.2 Å². The minimum atomic E-state index is -4.39. The highest BCUT2D eigenvalue weighted by molar-refractivity contribution is 5.79. The van der Waals surface area contributed by atoms with Gasteiger partial charge in [-0.1, -0.05) is 54.0 Å². The van der Waals surface area contributed by atoms with E-state index in [4.69, 9.17) is 4.52 Å². The third-order valence-corrected chi connectivity index (χ3v) is 5.81. The molecular weight excluding hydrogens is 419 g/mol. The SMILES string of the molecule is O=C(C1CCC1)N(CCc1ccccc1)CCc1nc(-c2ccc(C(F)(F)F)cc2)no1. The summed E-state index contributed by atoms with van der Waals surface area (Å²) in [7, 11) is 0. The zero-order valence-electron chi connectivity index (χ0n) is 17.5. The van der Waals surface area contributed by atoms with Crippen LogP contribution in [0.5, 0.6) is 0 Å². The summed E-state index contributed by atoms with van der Waals surface area (Å²) in [5.41, 5.74) is 0.884. The Morgan fingerprint density at radius 1 is 1.00 bits per heavy atom. The Labute approximate surface area is 184 Å². The molecule has 0 spiro atoms. The highest BCUT2D eigenvalue weighted by Crippen LogP contribution is 2.31. The fraction of sp³-hybridized carbons (Fsp3) is 0.375. The van der Waals surface area contributed by atoms with E-state index in [2.05, 4.69) is 10.1 Å². The molecule has 3 aromatic rings. The van der Waals surface area contributed by atoms with E-state index >= 15 is 0 Å². The summed E-state index contributed by atoms with van der Waals surface area (Å²) in [6.07, 6.45) is -0.292. The third kappa shape index (κ3) is 5.36. The van der Waals surface area contributed by atoms with Gasteiger partial charge in [-0.3, -0.25) is 4.79 Å². The van der Waals surface area contributed by atoms with Gasteiger partial charge in [0.1, 0.15) is 0 Å². The van der Waals surface area contributed by atoms with Gasteiger partial charge in [-0.15, -0.1) is 0 Å². The van der Waals surface area contributed by atoms with Crippen molar-refractivity contribution in [2.24, 2.45) is 5.92 Å². The maximum atomic E-state index is 12.9. The molecule has 0 bridgehead atoms. The molecule has 32 heavy (non-hydrogen) atoms. The molecule has 0 aliphatic heterocycles. The predicted molar refractivity (Wildman–Crippen MR) is 113 cm³/mol. The number of hydrogen-bond acceptors (Lipinski definition) is 4. The van der Waals surface area contributed by atoms with Crippen LogP contribution >= 0.6 is 0 Å². The molecule has 5 nitrogen and oxygen atoms in total. The van der Waals surface area contributed by atoms with Crippen molar-refractivity contribution in [3.8, 4) is 11.4 Å². The van der Waals surface area contributed by atoms with Crippen LogP contribution in [0.3, 0.4) is 0 Å². The fourth-order valence-electron chi connectivity index (χ4n) is 3.67. The molecule has 1 aromatic heterocycles. The molecule has 1 heterocycles. The van der Waals surface area contributed by atoms with Crippen LogP contribution in [0.1, 0.15) is 36.3 Å². The summed E-state index contributed by atoms with van der Waals surface area (Å²) in [5, 5.41) is 3.89. The van der Waals surface area contributed by atoms with Crippen molar-refractivity contribution in [3.63, 3.8) is 0 Å². The highest BCUT2D eigenvalue weighted by Gasteiger charge is 2.31. The third-order valence-electron chi connectivity index (χ3n) is 5.81. The minimum absolute atomic E-state index is 0.0937. The van der Waals surface area contributed by atoms with Crippen molar-refractivity contribution in [1.29, 1.82) is 0 Å². The quantitative estimate of drug-likeness (QED) is 0.482. The molecule has 0 atom stereocenters. The zero-order chi connectivity index (χ0) is 22.6. The van der Waals surface area contributed by atoms with Crippen LogP contribution in [0.2, 0.25) is 0 Å². The summed E-state index contributed by atoms with van der Waals surface area (Å²) in [4.78, 5) is 19.0. The van der Waals surface area contributed by atoms with Gasteiger partial charge in [0.15, 0.2) is 0 Å². The summed E-state index contributed by atoms with van der Waals surface area (Å²) >= 11 is 0. The van der Waals surface area contributed by atoms with Crippen molar-refractivity contribution in [1.82, 2.24) is 15.0 Å². The van der Waals surface area contributed by atoms with Gasteiger partial charge in [0.25, 0.3) is 0 Å². The van der Waals surface area contributed by atoms with Gasteiger partial charge in [-0.05, 0) is 37.0 Å². The Morgan fingerprint density at radius 2 is 1.69 bits per heavy atom. The molecule has 1 fully saturated rings. The summed E-state index contributed by atoms with van der Waals surface area (Å²) in [6, 6.07) is 14.6. The van der Waals surface area contributed by atoms with Gasteiger partial charge >= 0.3 is 6.18 Å². The maximum Gasteiger partial charge on any atom is 0.416 e. The lowest BCUT2D eigenvalue weighted by molar-refractivity contribution is -0.138. The summed E-state index contributed by atoms with van der Waals surface area (Å²) in [5.74, 6) is 0.840. The van der Waals surface area contributed by atoms with Gasteiger partial charge in [0.2, 0.25) is 17.6 Å². The molecule has 168 valence electrons. The van der Waals surface area contributed by atoms with Crippen molar-refractivity contribution >= 4 is 5.91 Å². The van der Waals surface area contributed by atoms with Crippen LogP contribution in [0, 0.1) is 5.92 Å². The molecule has 1 aliphatic rings. The monoisotopic (exact) mass is 443 g/mol. The fourth-order valence-corrected chi connectivity index (χ4v) is 3.67. The first-order valence-electron chi connectivity index (χ1n) is 10.7. The second-order valence-corrected chi connectivity index (χ2v) is 8.03. The van der Waals surface area contributed by atoms with Crippen LogP contribution in [-0.4, -0.2) is 34.0 Å². The van der Waals surface area contributed by atoms with Crippen LogP contribution in [0.25, 0.3) is 11.4 Å². The average Bonchev–Trinajstić information content (AvgIpc) is 3.22. The zero-order valence-corrected chi connectivity index (χ0v) is 17.5. The standard InChI is InChI=1S/C24H24F3N3O2/c25-24(26,27)20-11-9-18(10-12-20)22-28-21(32-29-22)14-16-30(23(31)19-7-4-8-19)15-13-17-5-2-1-3-6-17/h1-3,5-6,9-12,19H,4,7-8,13-16H2. The minimum Gasteiger partial charge on any atom is -0.342 e. The van der Waals surface area contributed by atoms with E-state index in [0.29, 0.717) is 31.0 Å². The average molecular weight is 443 g/mol. The second kappa shape index (κ2) is 9.54. The Balaban J connectivity index is 1.39. The Bertz CT molecular complexity index is 1030. The number of aromatic nitrogens is 2. The number of nitrogens with zero attached hydrogens (tertiary/aromatic N) is 3. The van der Waals surface area contributed by atoms with E-state index in [-0.39, 0.29) is 17.6 Å². The molecule has 0 unspecified atom stereocenters. The van der Waals surface area contributed by atoms with Crippen molar-refractivity contribution < 1.29 is 22.5 Å². The Kier molecular flexibility index (Phi) is 6.58. The maximum absolute atomic E-state index is 12.9. The van der Waals surface area contributed by atoms with E-state index in [1.54, 1.807) is 0 Å². The number of alkyl halides is 3. The van der Waals surface area contributed by atoms with Crippen LogP contribution < -0.4 is 0 Å². The number of carbonyl (C=O) groups is 1. The van der Waals surface area contributed by atoms with Crippen molar-refractivity contribution in [2.75, 3.05) is 13.1 Å². The predicted octanol–water partition coefficient (Wildman–Crippen LogP) is 5.17. The number of benzene rings is 2. The van der Waals surface area contributed by atoms with Crippen LogP contribution in [0.15, 0.2) is 59.1 Å². The first kappa shape index (κ1) is 22.0. The highest BCUT2D eigenvalue weighted by atomic mass is 19.4. The van der Waals surface area contributed by atoms with Gasteiger partial charge in [0.05, 0.1) is 5.56 Å². The number of halogens is 3. The molecule has 0 saturated heterocycles. The number of amides is 1. The van der Waals surface area contributed by atoms with E-state index in [1.807, 2.05) is 35.2 Å². The first-order valence-corrected chi connectivity index (χ1v) is 10.7. The number of carbonyl (C=O) groups excluding carboxylic acids is 1. The first-order chi connectivity index (χ1) is 15.4. The molecule has 8 heteroatoms. The molecule has 4 rings (SSSR count). The molecule has 1 aliphatic carbocycles. The molecular formula is C24H24F3N3O2. The molecule has 1 amide bonds. The van der Waals surface area contributed by atoms with Crippen molar-refractivity contribution in [3.05, 3.63) is 71.6 Å². The van der Waals surface area contributed by atoms with E-state index in [9.17, 15) is 18.0 Å². The summed E-state index contributed by atoms with van der Waals surface area (Å²) < 4.78 is 43.5. The largest absolute Gasteiger partial charge is 0.416 e. The van der Waals surface area contributed by atoms with Crippen LogP contribution in [-0.2, 0) is 23.8 Å². The van der Waals surface area contributed by atoms with E-state index in [1.165, 1.54) is 17.7 Å². The molecule has 1 saturated carbocycles. The topological polar surface area (TPSA) is 59.2 Å². The van der Waals surface area contributed by atoms with Crippen molar-refractivity contribution in [2.45, 2.75) is 38.3 Å². The van der Waals surface area contributed by atoms with Gasteiger partial charge < -0.3 is 9.42 Å². The summed E-state index contributed by atoms with van der Waals surface area (Å²) in [6.45, 7) is 1.07. The lowest BCUT2D eigenvalue weighted by atomic mass is 9.84.